The zero-order valence-corrected chi connectivity index (χ0v) is 11.4. The number of ether oxygens (including phenoxy) is 1. The number of nitrogens with one attached hydrogen (secondary N) is 2. The summed E-state index contributed by atoms with van der Waals surface area (Å²) in [6.45, 7) is 3.53. The fourth-order valence-corrected chi connectivity index (χ4v) is 2.46. The Hall–Kier alpha value is -1.99. The smallest absolute Gasteiger partial charge is 0.408 e. The van der Waals surface area contributed by atoms with Crippen LogP contribution < -0.4 is 20.7 Å². The lowest BCUT2D eigenvalue weighted by Gasteiger charge is -2.26. The van der Waals surface area contributed by atoms with Crippen LogP contribution in [0.2, 0.25) is 5.02 Å². The highest BCUT2D eigenvalue weighted by molar-refractivity contribution is 6.31. The number of nitrogens with two attached hydrogens (primary N) is 1. The first kappa shape index (κ1) is 13.0. The van der Waals surface area contributed by atoms with E-state index in [2.05, 4.69) is 20.2 Å². The molecule has 1 amide bonds. The third-order valence-corrected chi connectivity index (χ3v) is 3.35. The Kier molecular flexibility index (Phi) is 3.37. The standard InChI is InChI=1S/C12H14ClN5O2/c13-7-5-8-10(9(6-7)20-11(14)19)17-12(16-8)18-3-1-15-2-4-18/h5-6,15H,1-4H2,(H2,14,19)(H,16,17). The lowest BCUT2D eigenvalue weighted by molar-refractivity contribution is 0.211. The quantitative estimate of drug-likeness (QED) is 0.770. The molecule has 1 aliphatic heterocycles. The van der Waals surface area contributed by atoms with E-state index in [1.54, 1.807) is 6.07 Å². The molecule has 1 aromatic heterocycles. The second-order valence-electron chi connectivity index (χ2n) is 4.52. The molecule has 4 N–H and O–H groups in total. The third kappa shape index (κ3) is 2.50. The molecule has 106 valence electrons. The molecule has 0 unspecified atom stereocenters. The molecule has 0 aliphatic carbocycles. The van der Waals surface area contributed by atoms with E-state index in [0.717, 1.165) is 32.1 Å². The maximum atomic E-state index is 10.9. The van der Waals surface area contributed by atoms with Crippen molar-refractivity contribution in [3.05, 3.63) is 17.2 Å². The van der Waals surface area contributed by atoms with Crippen LogP contribution in [0.1, 0.15) is 0 Å². The van der Waals surface area contributed by atoms with E-state index < -0.39 is 6.09 Å². The molecule has 8 heteroatoms. The lowest BCUT2D eigenvalue weighted by atomic mass is 10.3. The molecule has 1 fully saturated rings. The predicted molar refractivity (Wildman–Crippen MR) is 76.4 cm³/mol. The summed E-state index contributed by atoms with van der Waals surface area (Å²) in [5.74, 6) is 0.996. The minimum absolute atomic E-state index is 0.262. The summed E-state index contributed by atoms with van der Waals surface area (Å²) in [5.41, 5.74) is 6.31. The van der Waals surface area contributed by atoms with Crippen LogP contribution in [-0.2, 0) is 0 Å². The maximum Gasteiger partial charge on any atom is 0.410 e. The van der Waals surface area contributed by atoms with Crippen molar-refractivity contribution >= 4 is 34.7 Å². The Morgan fingerprint density at radius 2 is 2.15 bits per heavy atom. The number of nitrogens with zero attached hydrogens (tertiary/aromatic N) is 2. The highest BCUT2D eigenvalue weighted by Crippen LogP contribution is 2.30. The van der Waals surface area contributed by atoms with Crippen LogP contribution in [0.4, 0.5) is 10.7 Å². The van der Waals surface area contributed by atoms with Gasteiger partial charge < -0.3 is 25.7 Å². The fraction of sp³-hybridized carbons (Fsp3) is 0.333. The van der Waals surface area contributed by atoms with E-state index in [-0.39, 0.29) is 5.75 Å². The number of primary amides is 1. The average Bonchev–Trinajstić information content (AvgIpc) is 2.83. The number of aromatic nitrogens is 2. The predicted octanol–water partition coefficient (Wildman–Crippen LogP) is 1.08. The van der Waals surface area contributed by atoms with Crippen molar-refractivity contribution in [1.29, 1.82) is 0 Å². The van der Waals surface area contributed by atoms with Crippen LogP contribution in [-0.4, -0.2) is 42.2 Å². The van der Waals surface area contributed by atoms with Gasteiger partial charge in [-0.25, -0.2) is 9.78 Å². The van der Waals surface area contributed by atoms with Crippen molar-refractivity contribution in [3.63, 3.8) is 0 Å². The number of anilines is 1. The van der Waals surface area contributed by atoms with Gasteiger partial charge in [0.2, 0.25) is 5.95 Å². The van der Waals surface area contributed by atoms with Gasteiger partial charge in [0.25, 0.3) is 0 Å². The number of aromatic amines is 1. The summed E-state index contributed by atoms with van der Waals surface area (Å²) in [4.78, 5) is 20.7. The molecule has 20 heavy (non-hydrogen) atoms. The monoisotopic (exact) mass is 295 g/mol. The number of hydrogen-bond acceptors (Lipinski definition) is 5. The van der Waals surface area contributed by atoms with E-state index in [1.165, 1.54) is 6.07 Å². The van der Waals surface area contributed by atoms with Gasteiger partial charge in [-0.3, -0.25) is 0 Å². The highest BCUT2D eigenvalue weighted by atomic mass is 35.5. The van der Waals surface area contributed by atoms with Crippen molar-refractivity contribution in [2.45, 2.75) is 0 Å². The van der Waals surface area contributed by atoms with E-state index in [1.807, 2.05) is 0 Å². The number of H-pyrrole nitrogens is 1. The Labute approximate surface area is 120 Å². The third-order valence-electron chi connectivity index (χ3n) is 3.13. The second kappa shape index (κ2) is 5.18. The summed E-state index contributed by atoms with van der Waals surface area (Å²) in [6.07, 6.45) is -0.889. The largest absolute Gasteiger partial charge is 0.410 e. The summed E-state index contributed by atoms with van der Waals surface area (Å²) >= 11 is 6.00. The molecular formula is C12H14ClN5O2. The maximum absolute atomic E-state index is 10.9. The highest BCUT2D eigenvalue weighted by Gasteiger charge is 2.17. The van der Waals surface area contributed by atoms with Crippen LogP contribution in [0, 0.1) is 0 Å². The van der Waals surface area contributed by atoms with Gasteiger partial charge in [0.15, 0.2) is 5.75 Å². The number of hydrogen-bond donors (Lipinski definition) is 3. The van der Waals surface area contributed by atoms with Crippen molar-refractivity contribution in [2.75, 3.05) is 31.1 Å². The first-order valence-electron chi connectivity index (χ1n) is 6.26. The summed E-state index contributed by atoms with van der Waals surface area (Å²) in [7, 11) is 0. The van der Waals surface area contributed by atoms with Crippen molar-refractivity contribution in [2.24, 2.45) is 5.73 Å². The van der Waals surface area contributed by atoms with Gasteiger partial charge in [-0.1, -0.05) is 11.6 Å². The number of benzene rings is 1. The zero-order chi connectivity index (χ0) is 14.1. The Balaban J connectivity index is 2.02. The topological polar surface area (TPSA) is 96.3 Å². The van der Waals surface area contributed by atoms with E-state index in [9.17, 15) is 4.79 Å². The molecule has 2 aromatic rings. The second-order valence-corrected chi connectivity index (χ2v) is 4.96. The van der Waals surface area contributed by atoms with E-state index in [0.29, 0.717) is 16.1 Å². The Morgan fingerprint density at radius 1 is 1.40 bits per heavy atom. The van der Waals surface area contributed by atoms with E-state index in [4.69, 9.17) is 22.1 Å². The molecule has 1 aliphatic rings. The number of amides is 1. The van der Waals surface area contributed by atoms with Gasteiger partial charge in [0.1, 0.15) is 5.52 Å². The molecule has 7 nitrogen and oxygen atoms in total. The van der Waals surface area contributed by atoms with Crippen LogP contribution >= 0.6 is 11.6 Å². The molecule has 0 bridgehead atoms. The van der Waals surface area contributed by atoms with Crippen molar-refractivity contribution < 1.29 is 9.53 Å². The summed E-state index contributed by atoms with van der Waals surface area (Å²) in [6, 6.07) is 3.26. The Morgan fingerprint density at radius 3 is 2.85 bits per heavy atom. The minimum Gasteiger partial charge on any atom is -0.408 e. The number of piperazine rings is 1. The molecule has 1 saturated heterocycles. The summed E-state index contributed by atoms with van der Waals surface area (Å²) < 4.78 is 4.95. The molecule has 0 radical (unpaired) electrons. The molecule has 2 heterocycles. The van der Waals surface area contributed by atoms with E-state index >= 15 is 0 Å². The van der Waals surface area contributed by atoms with Gasteiger partial charge >= 0.3 is 6.09 Å². The fourth-order valence-electron chi connectivity index (χ4n) is 2.25. The minimum atomic E-state index is -0.889. The normalized spacial score (nSPS) is 15.6. The SMILES string of the molecule is NC(=O)Oc1cc(Cl)cc2[nH]c(N3CCNCC3)nc12. The molecule has 0 saturated carbocycles. The first-order valence-corrected chi connectivity index (χ1v) is 6.63. The van der Waals surface area contributed by atoms with Gasteiger partial charge in [-0.05, 0) is 6.07 Å². The number of fused-ring (bicyclic) bond motifs is 1. The van der Waals surface area contributed by atoms with Gasteiger partial charge in [-0.2, -0.15) is 0 Å². The zero-order valence-electron chi connectivity index (χ0n) is 10.6. The summed E-state index contributed by atoms with van der Waals surface area (Å²) in [5, 5.41) is 3.72. The molecule has 0 atom stereocenters. The molecule has 1 aromatic carbocycles. The molecular weight excluding hydrogens is 282 g/mol. The Bertz CT molecular complexity index is 651. The van der Waals surface area contributed by atoms with Crippen molar-refractivity contribution in [3.8, 4) is 5.75 Å². The van der Waals surface area contributed by atoms with Crippen molar-refractivity contribution in [1.82, 2.24) is 15.3 Å². The molecule has 0 spiro atoms. The number of carbonyl (C=O) groups excluding carboxylic acids is 1. The number of imidazole rings is 1. The van der Waals surface area contributed by atoms with Gasteiger partial charge in [0, 0.05) is 37.3 Å². The number of halogens is 1. The molecule has 3 rings (SSSR count). The van der Waals surface area contributed by atoms with Crippen LogP contribution in [0.25, 0.3) is 11.0 Å². The van der Waals surface area contributed by atoms with Crippen LogP contribution in [0.15, 0.2) is 12.1 Å². The van der Waals surface area contributed by atoms with Crippen LogP contribution in [0.3, 0.4) is 0 Å². The van der Waals surface area contributed by atoms with Crippen LogP contribution in [0.5, 0.6) is 5.75 Å². The average molecular weight is 296 g/mol. The number of carbonyl (C=O) groups is 1. The number of rotatable bonds is 2. The first-order chi connectivity index (χ1) is 9.63. The van der Waals surface area contributed by atoms with Gasteiger partial charge in [0.05, 0.1) is 5.52 Å². The lowest BCUT2D eigenvalue weighted by Crippen LogP contribution is -2.44. The van der Waals surface area contributed by atoms with Gasteiger partial charge in [-0.15, -0.1) is 0 Å².